The van der Waals surface area contributed by atoms with E-state index in [9.17, 15) is 13.6 Å². The van der Waals surface area contributed by atoms with Crippen molar-refractivity contribution in [1.29, 1.82) is 0 Å². The van der Waals surface area contributed by atoms with Gasteiger partial charge >= 0.3 is 0 Å². The quantitative estimate of drug-likeness (QED) is 0.549. The number of Topliss-reactive ketones (excluding diaryl/α,β-unsaturated/α-hetero) is 1. The van der Waals surface area contributed by atoms with E-state index in [1.54, 1.807) is 0 Å². The molecule has 0 aliphatic rings. The molecule has 0 saturated heterocycles. The molecule has 0 atom stereocenters. The summed E-state index contributed by atoms with van der Waals surface area (Å²) in [5, 5.41) is 0.213. The third-order valence-corrected chi connectivity index (χ3v) is 3.84. The van der Waals surface area contributed by atoms with Crippen molar-refractivity contribution >= 4 is 40.0 Å². The fourth-order valence-corrected chi connectivity index (χ4v) is 2.66. The molecule has 0 N–H and O–H groups in total. The van der Waals surface area contributed by atoms with Crippen LogP contribution in [0.1, 0.15) is 15.9 Å². The minimum atomic E-state index is -0.447. The second-order valence-corrected chi connectivity index (χ2v) is 5.53. The number of carbonyl (C=O) groups is 1. The minimum Gasteiger partial charge on any atom is -0.294 e. The minimum absolute atomic E-state index is 0.0563. The molecule has 0 aliphatic carbocycles. The lowest BCUT2D eigenvalue weighted by atomic mass is 10.0. The SMILES string of the molecule is O=C(Cc1ccc(F)cc1Cl)c1ccc(F)cc1I. The fraction of sp³-hybridized carbons (Fsp3) is 0.0714. The Balaban J connectivity index is 2.25. The monoisotopic (exact) mass is 392 g/mol. The molecule has 0 saturated carbocycles. The summed E-state index contributed by atoms with van der Waals surface area (Å²) in [5.41, 5.74) is 0.982. The molecule has 0 aliphatic heterocycles. The summed E-state index contributed by atoms with van der Waals surface area (Å²) in [7, 11) is 0. The van der Waals surface area contributed by atoms with Crippen molar-refractivity contribution < 1.29 is 13.6 Å². The summed E-state index contributed by atoms with van der Waals surface area (Å²) in [5.74, 6) is -1.02. The maximum absolute atomic E-state index is 13.0. The highest BCUT2D eigenvalue weighted by molar-refractivity contribution is 14.1. The van der Waals surface area contributed by atoms with Crippen LogP contribution >= 0.6 is 34.2 Å². The molecule has 0 radical (unpaired) electrons. The van der Waals surface area contributed by atoms with Crippen LogP contribution in [0.15, 0.2) is 36.4 Å². The van der Waals surface area contributed by atoms with Gasteiger partial charge in [0.15, 0.2) is 5.78 Å². The van der Waals surface area contributed by atoms with Crippen molar-refractivity contribution in [2.45, 2.75) is 6.42 Å². The van der Waals surface area contributed by atoms with Gasteiger partial charge in [0.2, 0.25) is 0 Å². The van der Waals surface area contributed by atoms with E-state index in [0.717, 1.165) is 0 Å². The van der Waals surface area contributed by atoms with E-state index in [1.807, 2.05) is 22.6 Å². The Hall–Kier alpha value is -1.01. The van der Waals surface area contributed by atoms with E-state index in [4.69, 9.17) is 11.6 Å². The lowest BCUT2D eigenvalue weighted by Gasteiger charge is -2.06. The average Bonchev–Trinajstić information content (AvgIpc) is 2.32. The van der Waals surface area contributed by atoms with Gasteiger partial charge in [0.05, 0.1) is 0 Å². The zero-order chi connectivity index (χ0) is 14.0. The zero-order valence-corrected chi connectivity index (χ0v) is 12.5. The first kappa shape index (κ1) is 14.4. The average molecular weight is 393 g/mol. The van der Waals surface area contributed by atoms with Crippen molar-refractivity contribution in [3.05, 3.63) is 67.8 Å². The van der Waals surface area contributed by atoms with Gasteiger partial charge in [-0.2, -0.15) is 0 Å². The van der Waals surface area contributed by atoms with Crippen LogP contribution in [0.25, 0.3) is 0 Å². The van der Waals surface area contributed by atoms with Crippen LogP contribution in [0, 0.1) is 15.2 Å². The highest BCUT2D eigenvalue weighted by Crippen LogP contribution is 2.21. The topological polar surface area (TPSA) is 17.1 Å². The van der Waals surface area contributed by atoms with Crippen LogP contribution < -0.4 is 0 Å². The number of benzene rings is 2. The molecule has 19 heavy (non-hydrogen) atoms. The van der Waals surface area contributed by atoms with E-state index in [1.165, 1.54) is 36.4 Å². The molecular formula is C14H8ClF2IO. The van der Waals surface area contributed by atoms with Crippen molar-refractivity contribution in [2.75, 3.05) is 0 Å². The summed E-state index contributed by atoms with van der Waals surface area (Å²) in [6, 6.07) is 7.87. The molecule has 5 heteroatoms. The maximum Gasteiger partial charge on any atom is 0.168 e. The normalized spacial score (nSPS) is 10.5. The largest absolute Gasteiger partial charge is 0.294 e. The summed E-state index contributed by atoms with van der Waals surface area (Å²) in [6.45, 7) is 0. The van der Waals surface area contributed by atoms with Gasteiger partial charge in [0.25, 0.3) is 0 Å². The Morgan fingerprint density at radius 1 is 1.11 bits per heavy atom. The second-order valence-electron chi connectivity index (χ2n) is 3.96. The first-order valence-electron chi connectivity index (χ1n) is 5.39. The molecule has 2 aromatic rings. The number of rotatable bonds is 3. The third-order valence-electron chi connectivity index (χ3n) is 2.60. The number of hydrogen-bond acceptors (Lipinski definition) is 1. The van der Waals surface area contributed by atoms with E-state index < -0.39 is 5.82 Å². The Morgan fingerprint density at radius 3 is 2.37 bits per heavy atom. The summed E-state index contributed by atoms with van der Waals surface area (Å²) < 4.78 is 26.4. The van der Waals surface area contributed by atoms with Gasteiger partial charge in [-0.3, -0.25) is 4.79 Å². The van der Waals surface area contributed by atoms with Gasteiger partial charge in [0.1, 0.15) is 11.6 Å². The number of halogens is 4. The molecular weight excluding hydrogens is 385 g/mol. The van der Waals surface area contributed by atoms with Gasteiger partial charge in [-0.05, 0) is 58.5 Å². The van der Waals surface area contributed by atoms with Crippen molar-refractivity contribution in [1.82, 2.24) is 0 Å². The summed E-state index contributed by atoms with van der Waals surface area (Å²) in [4.78, 5) is 12.1. The van der Waals surface area contributed by atoms with E-state index >= 15 is 0 Å². The highest BCUT2D eigenvalue weighted by atomic mass is 127. The summed E-state index contributed by atoms with van der Waals surface area (Å²) >= 11 is 7.78. The molecule has 0 unspecified atom stereocenters. The third kappa shape index (κ3) is 3.51. The Labute approximate surface area is 127 Å². The summed E-state index contributed by atoms with van der Waals surface area (Å²) in [6.07, 6.45) is 0.0563. The highest BCUT2D eigenvalue weighted by Gasteiger charge is 2.13. The van der Waals surface area contributed by atoms with Crippen molar-refractivity contribution in [2.24, 2.45) is 0 Å². The molecule has 0 heterocycles. The van der Waals surface area contributed by atoms with Gasteiger partial charge in [0, 0.05) is 20.6 Å². The van der Waals surface area contributed by atoms with E-state index in [2.05, 4.69) is 0 Å². The van der Waals surface area contributed by atoms with Crippen molar-refractivity contribution in [3.8, 4) is 0 Å². The number of hydrogen-bond donors (Lipinski definition) is 0. The lowest BCUT2D eigenvalue weighted by molar-refractivity contribution is 0.0992. The molecule has 98 valence electrons. The fourth-order valence-electron chi connectivity index (χ4n) is 1.65. The lowest BCUT2D eigenvalue weighted by Crippen LogP contribution is -2.06. The van der Waals surface area contributed by atoms with Crippen LogP contribution in [0.4, 0.5) is 8.78 Å². The van der Waals surface area contributed by atoms with Crippen LogP contribution in [-0.4, -0.2) is 5.78 Å². The first-order chi connectivity index (χ1) is 8.97. The van der Waals surface area contributed by atoms with Gasteiger partial charge in [-0.25, -0.2) is 8.78 Å². The smallest absolute Gasteiger partial charge is 0.168 e. The molecule has 0 bridgehead atoms. The van der Waals surface area contributed by atoms with E-state index in [-0.39, 0.29) is 23.0 Å². The van der Waals surface area contributed by atoms with Crippen molar-refractivity contribution in [3.63, 3.8) is 0 Å². The van der Waals surface area contributed by atoms with Crippen LogP contribution in [0.5, 0.6) is 0 Å². The molecule has 0 spiro atoms. The molecule has 0 aromatic heterocycles. The predicted octanol–water partition coefficient (Wildman–Crippen LogP) is 4.65. The molecule has 1 nitrogen and oxygen atoms in total. The zero-order valence-electron chi connectivity index (χ0n) is 9.59. The number of carbonyl (C=O) groups excluding carboxylic acids is 1. The van der Waals surface area contributed by atoms with Crippen LogP contribution in [0.2, 0.25) is 5.02 Å². The maximum atomic E-state index is 13.0. The first-order valence-corrected chi connectivity index (χ1v) is 6.85. The van der Waals surface area contributed by atoms with Gasteiger partial charge < -0.3 is 0 Å². The second kappa shape index (κ2) is 5.96. The Bertz CT molecular complexity index is 643. The van der Waals surface area contributed by atoms with E-state index in [0.29, 0.717) is 14.7 Å². The van der Waals surface area contributed by atoms with Crippen LogP contribution in [0.3, 0.4) is 0 Å². The van der Waals surface area contributed by atoms with Gasteiger partial charge in [-0.15, -0.1) is 0 Å². The standard InChI is InChI=1S/C14H8ClF2IO/c15-12-6-9(16)2-1-8(12)5-14(19)11-4-3-10(17)7-13(11)18/h1-4,6-7H,5H2. The Kier molecular flexibility index (Phi) is 4.52. The molecule has 2 aromatic carbocycles. The number of ketones is 1. The molecule has 2 rings (SSSR count). The molecule has 0 fully saturated rings. The predicted molar refractivity (Wildman–Crippen MR) is 78.6 cm³/mol. The Morgan fingerprint density at radius 2 is 1.74 bits per heavy atom. The molecule has 0 amide bonds. The van der Waals surface area contributed by atoms with Crippen LogP contribution in [-0.2, 0) is 6.42 Å². The van der Waals surface area contributed by atoms with Gasteiger partial charge in [-0.1, -0.05) is 17.7 Å².